The molecule has 0 saturated carbocycles. The van der Waals surface area contributed by atoms with Gasteiger partial charge in [0.25, 0.3) is 0 Å². The van der Waals surface area contributed by atoms with Gasteiger partial charge in [-0.3, -0.25) is 9.59 Å². The number of carbonyl (C=O) groups excluding carboxylic acids is 2. The fraction of sp³-hybridized carbons (Fsp3) is 0.300. The van der Waals surface area contributed by atoms with Crippen LogP contribution in [0.2, 0.25) is 0 Å². The first-order valence-electron chi connectivity index (χ1n) is 8.51. The van der Waals surface area contributed by atoms with Gasteiger partial charge in [0.05, 0.1) is 18.9 Å². The highest BCUT2D eigenvalue weighted by Gasteiger charge is 2.13. The first-order valence-corrected chi connectivity index (χ1v) is 8.51. The van der Waals surface area contributed by atoms with Gasteiger partial charge in [0.1, 0.15) is 17.3 Å². The number of anilines is 1. The monoisotopic (exact) mass is 359 g/mol. The van der Waals surface area contributed by atoms with E-state index in [-0.39, 0.29) is 24.5 Å². The van der Waals surface area contributed by atoms with E-state index >= 15 is 0 Å². The van der Waals surface area contributed by atoms with Crippen molar-refractivity contribution in [2.24, 2.45) is 0 Å². The smallest absolute Gasteiger partial charge is 0.224 e. The van der Waals surface area contributed by atoms with Gasteiger partial charge < -0.3 is 14.8 Å². The molecule has 2 aromatic rings. The number of hydrogen-bond acceptors (Lipinski definition) is 4. The number of carbonyl (C=O) groups is 2. The van der Waals surface area contributed by atoms with Crippen LogP contribution in [-0.4, -0.2) is 24.9 Å². The van der Waals surface area contributed by atoms with Gasteiger partial charge in [0.2, 0.25) is 5.91 Å². The number of ether oxygens (including phenoxy) is 2. The molecule has 0 bridgehead atoms. The Hall–Kier alpha value is -2.89. The molecule has 138 valence electrons. The summed E-state index contributed by atoms with van der Waals surface area (Å²) < 4.78 is 23.8. The molecule has 0 spiro atoms. The van der Waals surface area contributed by atoms with Gasteiger partial charge in [0.15, 0.2) is 5.78 Å². The Bertz CT molecular complexity index is 759. The fourth-order valence-electron chi connectivity index (χ4n) is 2.36. The second kappa shape index (κ2) is 9.56. The summed E-state index contributed by atoms with van der Waals surface area (Å²) in [6, 6.07) is 10.5. The first-order chi connectivity index (χ1) is 12.5. The first kappa shape index (κ1) is 19.4. The molecule has 0 fully saturated rings. The number of halogens is 1. The van der Waals surface area contributed by atoms with E-state index in [0.29, 0.717) is 36.0 Å². The molecule has 1 amide bonds. The maximum Gasteiger partial charge on any atom is 0.224 e. The lowest BCUT2D eigenvalue weighted by molar-refractivity contribution is -0.116. The Kier molecular flexibility index (Phi) is 7.14. The minimum atomic E-state index is -0.406. The zero-order valence-electron chi connectivity index (χ0n) is 14.9. The minimum Gasteiger partial charge on any atom is -0.494 e. The highest BCUT2D eigenvalue weighted by molar-refractivity contribution is 6.00. The number of nitrogens with one attached hydrogen (secondary N) is 1. The molecule has 1 N–H and O–H groups in total. The average Bonchev–Trinajstić information content (AvgIpc) is 2.63. The van der Waals surface area contributed by atoms with Crippen molar-refractivity contribution < 1.29 is 23.5 Å². The maximum atomic E-state index is 12.9. The second-order valence-corrected chi connectivity index (χ2v) is 5.50. The van der Waals surface area contributed by atoms with E-state index in [1.165, 1.54) is 24.3 Å². The lowest BCUT2D eigenvalue weighted by Gasteiger charge is -2.13. The van der Waals surface area contributed by atoms with Crippen LogP contribution in [0.25, 0.3) is 0 Å². The SMILES string of the molecule is CCOc1ccc(OCC)c(NC(=O)CCC(=O)c2ccc(F)cc2)c1. The van der Waals surface area contributed by atoms with Crippen molar-refractivity contribution in [1.82, 2.24) is 0 Å². The van der Waals surface area contributed by atoms with Crippen molar-refractivity contribution >= 4 is 17.4 Å². The van der Waals surface area contributed by atoms with Crippen molar-refractivity contribution in [3.05, 3.63) is 53.8 Å². The van der Waals surface area contributed by atoms with Crippen LogP contribution in [0.3, 0.4) is 0 Å². The van der Waals surface area contributed by atoms with Gasteiger partial charge in [-0.2, -0.15) is 0 Å². The van der Waals surface area contributed by atoms with Crippen LogP contribution in [-0.2, 0) is 4.79 Å². The zero-order chi connectivity index (χ0) is 18.9. The lowest BCUT2D eigenvalue weighted by atomic mass is 10.1. The summed E-state index contributed by atoms with van der Waals surface area (Å²) in [6.45, 7) is 4.69. The number of rotatable bonds is 9. The predicted molar refractivity (Wildman–Crippen MR) is 97.4 cm³/mol. The standard InChI is InChI=1S/C20H22FNO4/c1-3-25-16-9-11-19(26-4-2)17(13-16)22-20(24)12-10-18(23)14-5-7-15(21)8-6-14/h5-9,11,13H,3-4,10,12H2,1-2H3,(H,22,24). The highest BCUT2D eigenvalue weighted by Crippen LogP contribution is 2.29. The molecule has 0 heterocycles. The molecule has 0 saturated heterocycles. The van der Waals surface area contributed by atoms with E-state index in [4.69, 9.17) is 9.47 Å². The van der Waals surface area contributed by atoms with Gasteiger partial charge in [-0.25, -0.2) is 4.39 Å². The van der Waals surface area contributed by atoms with E-state index in [1.54, 1.807) is 18.2 Å². The minimum absolute atomic E-state index is 0.0145. The second-order valence-electron chi connectivity index (χ2n) is 5.50. The predicted octanol–water partition coefficient (Wildman–Crippen LogP) is 4.22. The Morgan fingerprint density at radius 1 is 0.962 bits per heavy atom. The van der Waals surface area contributed by atoms with E-state index in [9.17, 15) is 14.0 Å². The number of benzene rings is 2. The summed E-state index contributed by atoms with van der Waals surface area (Å²) in [5, 5.41) is 2.75. The molecule has 6 heteroatoms. The number of hydrogen-bond donors (Lipinski definition) is 1. The quantitative estimate of drug-likeness (QED) is 0.681. The summed E-state index contributed by atoms with van der Waals surface area (Å²) in [7, 11) is 0. The number of Topliss-reactive ketones (excluding diaryl/α,β-unsaturated/α-hetero) is 1. The molecule has 0 aliphatic rings. The molecule has 0 aliphatic carbocycles. The topological polar surface area (TPSA) is 64.6 Å². The normalized spacial score (nSPS) is 10.3. The molecule has 26 heavy (non-hydrogen) atoms. The molecule has 0 aliphatic heterocycles. The molecule has 0 aromatic heterocycles. The van der Waals surface area contributed by atoms with Gasteiger partial charge in [-0.15, -0.1) is 0 Å². The van der Waals surface area contributed by atoms with Crippen molar-refractivity contribution in [2.45, 2.75) is 26.7 Å². The molecule has 2 aromatic carbocycles. The van der Waals surface area contributed by atoms with E-state index in [0.717, 1.165) is 0 Å². The molecule has 0 unspecified atom stereocenters. The number of ketones is 1. The van der Waals surface area contributed by atoms with Crippen LogP contribution >= 0.6 is 0 Å². The van der Waals surface area contributed by atoms with Gasteiger partial charge in [0, 0.05) is 24.5 Å². The van der Waals surface area contributed by atoms with Crippen LogP contribution in [0.1, 0.15) is 37.0 Å². The van der Waals surface area contributed by atoms with Crippen LogP contribution < -0.4 is 14.8 Å². The summed E-state index contributed by atoms with van der Waals surface area (Å²) >= 11 is 0. The van der Waals surface area contributed by atoms with Crippen LogP contribution in [0.5, 0.6) is 11.5 Å². The summed E-state index contributed by atoms with van der Waals surface area (Å²) in [6.07, 6.45) is 0.0488. The maximum absolute atomic E-state index is 12.9. The summed E-state index contributed by atoms with van der Waals surface area (Å²) in [4.78, 5) is 24.3. The molecule has 0 atom stereocenters. The molecular formula is C20H22FNO4. The Balaban J connectivity index is 1.98. The Labute approximate surface area is 152 Å². The molecular weight excluding hydrogens is 337 g/mol. The van der Waals surface area contributed by atoms with Crippen molar-refractivity contribution in [1.29, 1.82) is 0 Å². The Morgan fingerprint density at radius 2 is 1.65 bits per heavy atom. The highest BCUT2D eigenvalue weighted by atomic mass is 19.1. The fourth-order valence-corrected chi connectivity index (χ4v) is 2.36. The van der Waals surface area contributed by atoms with Crippen LogP contribution in [0.4, 0.5) is 10.1 Å². The van der Waals surface area contributed by atoms with Crippen LogP contribution in [0.15, 0.2) is 42.5 Å². The molecule has 2 rings (SSSR count). The van der Waals surface area contributed by atoms with E-state index in [1.807, 2.05) is 13.8 Å². The third-order valence-electron chi connectivity index (χ3n) is 3.58. The van der Waals surface area contributed by atoms with E-state index in [2.05, 4.69) is 5.32 Å². The third kappa shape index (κ3) is 5.58. The summed E-state index contributed by atoms with van der Waals surface area (Å²) in [5.41, 5.74) is 0.879. The summed E-state index contributed by atoms with van der Waals surface area (Å²) in [5.74, 6) is 0.225. The average molecular weight is 359 g/mol. The van der Waals surface area contributed by atoms with Gasteiger partial charge in [-0.1, -0.05) is 0 Å². The molecule has 0 radical (unpaired) electrons. The largest absolute Gasteiger partial charge is 0.494 e. The van der Waals surface area contributed by atoms with Crippen molar-refractivity contribution in [3.8, 4) is 11.5 Å². The van der Waals surface area contributed by atoms with E-state index < -0.39 is 5.82 Å². The van der Waals surface area contributed by atoms with Crippen molar-refractivity contribution in [2.75, 3.05) is 18.5 Å². The van der Waals surface area contributed by atoms with Gasteiger partial charge >= 0.3 is 0 Å². The number of amides is 1. The lowest BCUT2D eigenvalue weighted by Crippen LogP contribution is -2.14. The van der Waals surface area contributed by atoms with Gasteiger partial charge in [-0.05, 0) is 50.2 Å². The third-order valence-corrected chi connectivity index (χ3v) is 3.58. The van der Waals surface area contributed by atoms with Crippen molar-refractivity contribution in [3.63, 3.8) is 0 Å². The Morgan fingerprint density at radius 3 is 2.31 bits per heavy atom. The van der Waals surface area contributed by atoms with Crippen LogP contribution in [0, 0.1) is 5.82 Å². The molecule has 5 nitrogen and oxygen atoms in total. The zero-order valence-corrected chi connectivity index (χ0v) is 14.9.